The fraction of sp³-hybridized carbons (Fsp3) is 0.423. The van der Waals surface area contributed by atoms with Crippen LogP contribution in [0.1, 0.15) is 59.4 Å². The number of amides is 3. The molecule has 0 saturated carbocycles. The van der Waals surface area contributed by atoms with E-state index in [1.54, 1.807) is 23.1 Å². The molecule has 3 amide bonds. The van der Waals surface area contributed by atoms with E-state index in [4.69, 9.17) is 0 Å². The average Bonchev–Trinajstić information content (AvgIpc) is 2.82. The van der Waals surface area contributed by atoms with Gasteiger partial charge in [-0.3, -0.25) is 14.4 Å². The molecule has 6 nitrogen and oxygen atoms in total. The number of rotatable bonds is 7. The minimum Gasteiger partial charge on any atom is -0.352 e. The zero-order valence-corrected chi connectivity index (χ0v) is 19.4. The number of carbonyl (C=O) groups excluding carboxylic acids is 3. The lowest BCUT2D eigenvalue weighted by Gasteiger charge is -2.36. The molecular weight excluding hydrogens is 421 g/mol. The maximum atomic E-state index is 13.5. The molecule has 2 aromatic rings. The summed E-state index contributed by atoms with van der Waals surface area (Å²) in [7, 11) is 0. The van der Waals surface area contributed by atoms with Crippen LogP contribution in [0.2, 0.25) is 0 Å². The second-order valence-electron chi connectivity index (χ2n) is 8.72. The Labute approximate surface area is 194 Å². The molecule has 1 aliphatic rings. The third-order valence-corrected chi connectivity index (χ3v) is 6.33. The molecular formula is C26H32FN3O3. The summed E-state index contributed by atoms with van der Waals surface area (Å²) in [6.07, 6.45) is 1.91. The number of hydrogen-bond acceptors (Lipinski definition) is 3. The Morgan fingerprint density at radius 3 is 2.39 bits per heavy atom. The van der Waals surface area contributed by atoms with E-state index in [2.05, 4.69) is 10.6 Å². The van der Waals surface area contributed by atoms with Crippen LogP contribution in [0.15, 0.2) is 48.5 Å². The molecule has 0 aromatic heterocycles. The molecule has 2 aromatic carbocycles. The first-order chi connectivity index (χ1) is 15.8. The van der Waals surface area contributed by atoms with Crippen LogP contribution in [0, 0.1) is 18.7 Å². The first-order valence-electron chi connectivity index (χ1n) is 11.5. The maximum absolute atomic E-state index is 13.5. The van der Waals surface area contributed by atoms with Crippen molar-refractivity contribution in [3.63, 3.8) is 0 Å². The van der Waals surface area contributed by atoms with Crippen molar-refractivity contribution >= 4 is 17.7 Å². The van der Waals surface area contributed by atoms with E-state index in [-0.39, 0.29) is 29.7 Å². The lowest BCUT2D eigenvalue weighted by Crippen LogP contribution is -2.55. The number of hydrogen-bond donors (Lipinski definition) is 2. The van der Waals surface area contributed by atoms with Crippen molar-refractivity contribution in [1.82, 2.24) is 15.5 Å². The topological polar surface area (TPSA) is 78.5 Å². The van der Waals surface area contributed by atoms with Crippen LogP contribution in [0.5, 0.6) is 0 Å². The molecule has 3 rings (SSSR count). The predicted octanol–water partition coefficient (Wildman–Crippen LogP) is 3.70. The highest BCUT2D eigenvalue weighted by Gasteiger charge is 2.34. The van der Waals surface area contributed by atoms with Gasteiger partial charge in [0.1, 0.15) is 11.9 Å². The monoisotopic (exact) mass is 453 g/mol. The smallest absolute Gasteiger partial charge is 0.253 e. The zero-order valence-electron chi connectivity index (χ0n) is 19.4. The molecule has 1 fully saturated rings. The predicted molar refractivity (Wildman–Crippen MR) is 125 cm³/mol. The number of piperidine rings is 1. The van der Waals surface area contributed by atoms with E-state index in [9.17, 15) is 18.8 Å². The number of nitrogens with one attached hydrogen (secondary N) is 2. The van der Waals surface area contributed by atoms with Crippen LogP contribution in [-0.4, -0.2) is 47.8 Å². The van der Waals surface area contributed by atoms with E-state index in [0.717, 1.165) is 12.0 Å². The fourth-order valence-electron chi connectivity index (χ4n) is 4.12. The van der Waals surface area contributed by atoms with Gasteiger partial charge in [-0.15, -0.1) is 0 Å². The molecule has 33 heavy (non-hydrogen) atoms. The van der Waals surface area contributed by atoms with Gasteiger partial charge in [0, 0.05) is 30.3 Å². The summed E-state index contributed by atoms with van der Waals surface area (Å²) in [5, 5.41) is 5.94. The van der Waals surface area contributed by atoms with Gasteiger partial charge in [0.05, 0.1) is 0 Å². The Kier molecular flexibility index (Phi) is 8.20. The summed E-state index contributed by atoms with van der Waals surface area (Å²) in [6, 6.07) is 12.2. The number of aryl methyl sites for hydroxylation is 1. The first-order valence-corrected chi connectivity index (χ1v) is 11.5. The highest BCUT2D eigenvalue weighted by atomic mass is 19.1. The van der Waals surface area contributed by atoms with E-state index in [1.165, 1.54) is 18.2 Å². The Balaban J connectivity index is 1.71. The fourth-order valence-corrected chi connectivity index (χ4v) is 4.12. The van der Waals surface area contributed by atoms with Crippen LogP contribution in [0.25, 0.3) is 0 Å². The summed E-state index contributed by atoms with van der Waals surface area (Å²) >= 11 is 0. The van der Waals surface area contributed by atoms with Crippen LogP contribution >= 0.6 is 0 Å². The van der Waals surface area contributed by atoms with Crippen molar-refractivity contribution < 1.29 is 18.8 Å². The number of carbonyl (C=O) groups is 3. The first kappa shape index (κ1) is 24.4. The second-order valence-corrected chi connectivity index (χ2v) is 8.72. The third-order valence-electron chi connectivity index (χ3n) is 6.33. The Bertz CT molecular complexity index is 1000. The van der Waals surface area contributed by atoms with Crippen molar-refractivity contribution in [2.45, 2.75) is 52.1 Å². The van der Waals surface area contributed by atoms with Gasteiger partial charge < -0.3 is 15.5 Å². The molecule has 0 unspecified atom stereocenters. The van der Waals surface area contributed by atoms with Crippen LogP contribution < -0.4 is 10.6 Å². The van der Waals surface area contributed by atoms with Crippen LogP contribution in [0.4, 0.5) is 4.39 Å². The number of halogens is 1. The number of benzene rings is 2. The quantitative estimate of drug-likeness (QED) is 0.671. The van der Waals surface area contributed by atoms with Crippen molar-refractivity contribution in [2.24, 2.45) is 5.92 Å². The Morgan fingerprint density at radius 1 is 1.06 bits per heavy atom. The lowest BCUT2D eigenvalue weighted by atomic mass is 9.88. The minimum absolute atomic E-state index is 0.00925. The van der Waals surface area contributed by atoms with E-state index in [0.29, 0.717) is 37.1 Å². The standard InChI is InChI=1S/C26H32FN3O3/c1-4-18(3)28-25(32)23(29-24(31)22-11-6-5-8-17(22)2)19-12-14-30(15-13-19)26(33)20-9-7-10-21(27)16-20/h5-11,16,18-19,23H,4,12-15H2,1-3H3,(H,28,32)(H,29,31)/t18-,23+/m1/s1. The molecule has 1 aliphatic heterocycles. The van der Waals surface area contributed by atoms with Gasteiger partial charge in [0.25, 0.3) is 11.8 Å². The largest absolute Gasteiger partial charge is 0.352 e. The van der Waals surface area contributed by atoms with Crippen molar-refractivity contribution in [3.8, 4) is 0 Å². The van der Waals surface area contributed by atoms with Gasteiger partial charge in [0.2, 0.25) is 5.91 Å². The van der Waals surface area contributed by atoms with Crippen molar-refractivity contribution in [1.29, 1.82) is 0 Å². The van der Waals surface area contributed by atoms with Gasteiger partial charge in [-0.25, -0.2) is 4.39 Å². The summed E-state index contributed by atoms with van der Waals surface area (Å²) in [5.74, 6) is -1.27. The normalized spacial score (nSPS) is 16.1. The summed E-state index contributed by atoms with van der Waals surface area (Å²) < 4.78 is 13.5. The molecule has 0 radical (unpaired) electrons. The van der Waals surface area contributed by atoms with Crippen LogP contribution in [0.3, 0.4) is 0 Å². The van der Waals surface area contributed by atoms with Crippen molar-refractivity contribution in [2.75, 3.05) is 13.1 Å². The molecule has 176 valence electrons. The number of likely N-dealkylation sites (tertiary alicyclic amines) is 1. The van der Waals surface area contributed by atoms with Crippen molar-refractivity contribution in [3.05, 3.63) is 71.0 Å². The molecule has 0 aliphatic carbocycles. The molecule has 7 heteroatoms. The lowest BCUT2D eigenvalue weighted by molar-refractivity contribution is -0.125. The van der Waals surface area contributed by atoms with Gasteiger partial charge >= 0.3 is 0 Å². The summed E-state index contributed by atoms with van der Waals surface area (Å²) in [5.41, 5.74) is 1.69. The molecule has 0 bridgehead atoms. The second kappa shape index (κ2) is 11.1. The Hall–Kier alpha value is -3.22. The number of nitrogens with zero attached hydrogens (tertiary/aromatic N) is 1. The zero-order chi connectivity index (χ0) is 24.0. The SMILES string of the molecule is CC[C@@H](C)NC(=O)[C@@H](NC(=O)c1ccccc1C)C1CCN(C(=O)c2cccc(F)c2)CC1. The van der Waals surface area contributed by atoms with Gasteiger partial charge in [0.15, 0.2) is 0 Å². The van der Waals surface area contributed by atoms with Gasteiger partial charge in [-0.2, -0.15) is 0 Å². The van der Waals surface area contributed by atoms with Gasteiger partial charge in [-0.05, 0) is 68.9 Å². The highest BCUT2D eigenvalue weighted by Crippen LogP contribution is 2.23. The molecule has 0 spiro atoms. The summed E-state index contributed by atoms with van der Waals surface area (Å²) in [6.45, 7) is 6.65. The molecule has 2 atom stereocenters. The Morgan fingerprint density at radius 2 is 1.76 bits per heavy atom. The average molecular weight is 454 g/mol. The molecule has 1 saturated heterocycles. The summed E-state index contributed by atoms with van der Waals surface area (Å²) in [4.78, 5) is 40.5. The van der Waals surface area contributed by atoms with E-state index < -0.39 is 11.9 Å². The molecule has 1 heterocycles. The van der Waals surface area contributed by atoms with Gasteiger partial charge in [-0.1, -0.05) is 31.2 Å². The van der Waals surface area contributed by atoms with E-state index >= 15 is 0 Å². The molecule has 2 N–H and O–H groups in total. The third kappa shape index (κ3) is 6.18. The van der Waals surface area contributed by atoms with E-state index in [1.807, 2.05) is 32.9 Å². The minimum atomic E-state index is -0.697. The maximum Gasteiger partial charge on any atom is 0.253 e. The van der Waals surface area contributed by atoms with Crippen LogP contribution in [-0.2, 0) is 4.79 Å². The highest BCUT2D eigenvalue weighted by molar-refractivity contribution is 5.98.